The number of hydrogen-bond acceptors (Lipinski definition) is 5. The first-order valence-electron chi connectivity index (χ1n) is 4.38. The van der Waals surface area contributed by atoms with Gasteiger partial charge in [-0.15, -0.1) is 0 Å². The van der Waals surface area contributed by atoms with Gasteiger partial charge in [0.05, 0.1) is 0 Å². The van der Waals surface area contributed by atoms with Gasteiger partial charge in [0, 0.05) is 6.20 Å². The van der Waals surface area contributed by atoms with Crippen LogP contribution < -0.4 is 16.2 Å². The lowest BCUT2D eigenvalue weighted by molar-refractivity contribution is -0.140. The quantitative estimate of drug-likeness (QED) is 0.638. The molecule has 1 aromatic heterocycles. The number of carboxylic acid groups (broad SMARTS) is 1. The molecule has 15 heavy (non-hydrogen) atoms. The third-order valence-electron chi connectivity index (χ3n) is 1.90. The Morgan fingerprint density at radius 2 is 2.33 bits per heavy atom. The van der Waals surface area contributed by atoms with Gasteiger partial charge in [0.25, 0.3) is 0 Å². The predicted octanol–water partition coefficient (Wildman–Crippen LogP) is -0.157. The number of anilines is 1. The molecule has 1 aromatic rings. The number of ether oxygens (including phenoxy) is 1. The minimum absolute atomic E-state index is 0.210. The lowest BCUT2D eigenvalue weighted by Gasteiger charge is -2.18. The first kappa shape index (κ1) is 11.3. The zero-order valence-corrected chi connectivity index (χ0v) is 8.25. The SMILES string of the molecule is C[C@@H](Oc1cccnc1N)[C@H](N)C(=O)O. The van der Waals surface area contributed by atoms with Crippen LogP contribution in [-0.2, 0) is 4.79 Å². The fourth-order valence-electron chi connectivity index (χ4n) is 0.977. The molecule has 0 amide bonds. The lowest BCUT2D eigenvalue weighted by Crippen LogP contribution is -2.43. The van der Waals surface area contributed by atoms with Gasteiger partial charge in [0.15, 0.2) is 11.6 Å². The van der Waals surface area contributed by atoms with Crippen molar-refractivity contribution in [3.63, 3.8) is 0 Å². The van der Waals surface area contributed by atoms with E-state index in [1.807, 2.05) is 0 Å². The summed E-state index contributed by atoms with van der Waals surface area (Å²) in [5.41, 5.74) is 10.9. The van der Waals surface area contributed by atoms with Crippen LogP contribution in [0.25, 0.3) is 0 Å². The summed E-state index contributed by atoms with van der Waals surface area (Å²) in [6, 6.07) is 2.16. The van der Waals surface area contributed by atoms with E-state index in [1.165, 1.54) is 6.20 Å². The minimum Gasteiger partial charge on any atom is -0.485 e. The topological polar surface area (TPSA) is 111 Å². The van der Waals surface area contributed by atoms with Crippen LogP contribution in [0.5, 0.6) is 5.75 Å². The summed E-state index contributed by atoms with van der Waals surface area (Å²) < 4.78 is 5.27. The molecule has 0 unspecified atom stereocenters. The van der Waals surface area contributed by atoms with E-state index >= 15 is 0 Å². The Kier molecular flexibility index (Phi) is 3.46. The number of nitrogens with zero attached hydrogens (tertiary/aromatic N) is 1. The summed E-state index contributed by atoms with van der Waals surface area (Å²) in [4.78, 5) is 14.4. The first-order valence-corrected chi connectivity index (χ1v) is 4.38. The minimum atomic E-state index is -1.12. The van der Waals surface area contributed by atoms with E-state index in [-0.39, 0.29) is 5.82 Å². The molecule has 0 saturated carbocycles. The van der Waals surface area contributed by atoms with Crippen LogP contribution in [0.15, 0.2) is 18.3 Å². The molecule has 5 N–H and O–H groups in total. The average molecular weight is 211 g/mol. The van der Waals surface area contributed by atoms with E-state index in [2.05, 4.69) is 4.98 Å². The van der Waals surface area contributed by atoms with Crippen LogP contribution in [-0.4, -0.2) is 28.2 Å². The van der Waals surface area contributed by atoms with Crippen molar-refractivity contribution >= 4 is 11.8 Å². The molecule has 0 aliphatic rings. The largest absolute Gasteiger partial charge is 0.485 e. The molecule has 0 aliphatic heterocycles. The normalized spacial score (nSPS) is 14.3. The van der Waals surface area contributed by atoms with Gasteiger partial charge in [-0.25, -0.2) is 4.98 Å². The Balaban J connectivity index is 2.70. The van der Waals surface area contributed by atoms with Crippen molar-refractivity contribution in [1.82, 2.24) is 4.98 Å². The molecule has 0 saturated heterocycles. The van der Waals surface area contributed by atoms with Crippen LogP contribution in [0.1, 0.15) is 6.92 Å². The van der Waals surface area contributed by atoms with E-state index in [9.17, 15) is 4.79 Å². The highest BCUT2D eigenvalue weighted by molar-refractivity contribution is 5.73. The van der Waals surface area contributed by atoms with E-state index in [0.717, 1.165) is 0 Å². The van der Waals surface area contributed by atoms with Crippen LogP contribution in [0.3, 0.4) is 0 Å². The molecule has 0 aliphatic carbocycles. The van der Waals surface area contributed by atoms with E-state index in [0.29, 0.717) is 5.75 Å². The summed E-state index contributed by atoms with van der Waals surface area (Å²) >= 11 is 0. The van der Waals surface area contributed by atoms with E-state index in [4.69, 9.17) is 21.3 Å². The summed E-state index contributed by atoms with van der Waals surface area (Å²) in [7, 11) is 0. The molecule has 6 nitrogen and oxygen atoms in total. The Morgan fingerprint density at radius 1 is 1.67 bits per heavy atom. The lowest BCUT2D eigenvalue weighted by atomic mass is 10.2. The summed E-state index contributed by atoms with van der Waals surface area (Å²) in [6.45, 7) is 1.56. The monoisotopic (exact) mass is 211 g/mol. The fourth-order valence-corrected chi connectivity index (χ4v) is 0.977. The fraction of sp³-hybridized carbons (Fsp3) is 0.333. The highest BCUT2D eigenvalue weighted by atomic mass is 16.5. The third kappa shape index (κ3) is 2.81. The van der Waals surface area contributed by atoms with E-state index in [1.54, 1.807) is 19.1 Å². The second kappa shape index (κ2) is 4.61. The van der Waals surface area contributed by atoms with Gasteiger partial charge in [-0.1, -0.05) is 0 Å². The van der Waals surface area contributed by atoms with Crippen molar-refractivity contribution in [2.24, 2.45) is 5.73 Å². The molecule has 82 valence electrons. The number of pyridine rings is 1. The van der Waals surface area contributed by atoms with Gasteiger partial charge in [-0.2, -0.15) is 0 Å². The molecular formula is C9H13N3O3. The van der Waals surface area contributed by atoms with Gasteiger partial charge in [0.1, 0.15) is 12.1 Å². The molecular weight excluding hydrogens is 198 g/mol. The second-order valence-electron chi connectivity index (χ2n) is 3.07. The number of aromatic nitrogens is 1. The smallest absolute Gasteiger partial charge is 0.324 e. The number of carbonyl (C=O) groups is 1. The van der Waals surface area contributed by atoms with Crippen LogP contribution in [0.2, 0.25) is 0 Å². The van der Waals surface area contributed by atoms with Crippen molar-refractivity contribution in [3.8, 4) is 5.75 Å². The predicted molar refractivity (Wildman–Crippen MR) is 54.4 cm³/mol. The number of aliphatic carboxylic acids is 1. The molecule has 1 heterocycles. The number of nitrogen functional groups attached to an aromatic ring is 1. The maximum atomic E-state index is 10.6. The zero-order valence-electron chi connectivity index (χ0n) is 8.25. The van der Waals surface area contributed by atoms with Crippen molar-refractivity contribution in [2.75, 3.05) is 5.73 Å². The van der Waals surface area contributed by atoms with Crippen molar-refractivity contribution in [1.29, 1.82) is 0 Å². The van der Waals surface area contributed by atoms with Crippen LogP contribution >= 0.6 is 0 Å². The summed E-state index contributed by atoms with van der Waals surface area (Å²) in [6.07, 6.45) is 0.846. The first-order chi connectivity index (χ1) is 7.02. The Hall–Kier alpha value is -1.82. The standard InChI is InChI=1S/C9H13N3O3/c1-5(7(10)9(13)14)15-6-3-2-4-12-8(6)11/h2-5,7H,10H2,1H3,(H2,11,12)(H,13,14)/t5-,7+/m1/s1. The van der Waals surface area contributed by atoms with Gasteiger partial charge in [-0.05, 0) is 19.1 Å². The van der Waals surface area contributed by atoms with Gasteiger partial charge in [-0.3, -0.25) is 4.79 Å². The molecule has 1 rings (SSSR count). The van der Waals surface area contributed by atoms with Crippen molar-refractivity contribution < 1.29 is 14.6 Å². The zero-order chi connectivity index (χ0) is 11.4. The second-order valence-corrected chi connectivity index (χ2v) is 3.07. The highest BCUT2D eigenvalue weighted by Crippen LogP contribution is 2.18. The maximum absolute atomic E-state index is 10.6. The van der Waals surface area contributed by atoms with Crippen molar-refractivity contribution in [3.05, 3.63) is 18.3 Å². The molecule has 0 aromatic carbocycles. The number of rotatable bonds is 4. The van der Waals surface area contributed by atoms with Gasteiger partial charge < -0.3 is 21.3 Å². The van der Waals surface area contributed by atoms with Crippen molar-refractivity contribution in [2.45, 2.75) is 19.1 Å². The molecule has 0 fully saturated rings. The van der Waals surface area contributed by atoms with E-state index < -0.39 is 18.1 Å². The van der Waals surface area contributed by atoms with Crippen LogP contribution in [0.4, 0.5) is 5.82 Å². The number of nitrogens with two attached hydrogens (primary N) is 2. The Bertz CT molecular complexity index is 356. The Labute approximate surface area is 86.9 Å². The average Bonchev–Trinajstić information content (AvgIpc) is 2.20. The van der Waals surface area contributed by atoms with Crippen LogP contribution in [0, 0.1) is 0 Å². The summed E-state index contributed by atoms with van der Waals surface area (Å²) in [5.74, 6) is -0.575. The highest BCUT2D eigenvalue weighted by Gasteiger charge is 2.22. The molecule has 0 spiro atoms. The molecule has 0 radical (unpaired) electrons. The Morgan fingerprint density at radius 3 is 2.87 bits per heavy atom. The molecule has 0 bridgehead atoms. The third-order valence-corrected chi connectivity index (χ3v) is 1.90. The number of hydrogen-bond donors (Lipinski definition) is 3. The number of carboxylic acids is 1. The van der Waals surface area contributed by atoms with Gasteiger partial charge in [0.2, 0.25) is 0 Å². The summed E-state index contributed by atoms with van der Waals surface area (Å²) in [5, 5.41) is 8.65. The molecule has 6 heteroatoms. The van der Waals surface area contributed by atoms with Gasteiger partial charge >= 0.3 is 5.97 Å². The molecule has 2 atom stereocenters. The maximum Gasteiger partial charge on any atom is 0.324 e.